The fourth-order valence-electron chi connectivity index (χ4n) is 3.83. The lowest BCUT2D eigenvalue weighted by Crippen LogP contribution is -2.45. The van der Waals surface area contributed by atoms with Crippen LogP contribution in [0, 0.1) is 0 Å². The molecule has 1 amide bonds. The summed E-state index contributed by atoms with van der Waals surface area (Å²) in [6.07, 6.45) is 1.03. The van der Waals surface area contributed by atoms with Crippen LogP contribution in [0.1, 0.15) is 17.9 Å². The van der Waals surface area contributed by atoms with Gasteiger partial charge in [0.2, 0.25) is 0 Å². The Hall–Kier alpha value is -3.33. The van der Waals surface area contributed by atoms with Crippen LogP contribution < -0.4 is 5.32 Å². The maximum atomic E-state index is 13.3. The monoisotopic (exact) mass is 428 g/mol. The van der Waals surface area contributed by atoms with Crippen molar-refractivity contribution in [2.45, 2.75) is 22.8 Å². The van der Waals surface area contributed by atoms with Crippen molar-refractivity contribution >= 4 is 33.0 Å². The molecule has 1 fully saturated rings. The molecule has 1 aromatic heterocycles. The minimum absolute atomic E-state index is 0.153. The molecule has 0 bridgehead atoms. The molecular weight excluding hydrogens is 408 g/mol. The van der Waals surface area contributed by atoms with Gasteiger partial charge in [-0.25, -0.2) is 22.0 Å². The molecule has 0 unspecified atom stereocenters. The number of esters is 1. The highest BCUT2D eigenvalue weighted by atomic mass is 32.2. The Morgan fingerprint density at radius 2 is 1.70 bits per heavy atom. The third-order valence-corrected chi connectivity index (χ3v) is 7.09. The molecule has 2 atom stereocenters. The molecule has 4 rings (SSSR count). The van der Waals surface area contributed by atoms with E-state index in [0.717, 1.165) is 0 Å². The summed E-state index contributed by atoms with van der Waals surface area (Å²) < 4.78 is 37.3. The third kappa shape index (κ3) is 3.02. The summed E-state index contributed by atoms with van der Waals surface area (Å²) in [6, 6.07) is 15.1. The zero-order chi connectivity index (χ0) is 21.5. The van der Waals surface area contributed by atoms with Crippen LogP contribution in [0.5, 0.6) is 0 Å². The minimum Gasteiger partial charge on any atom is -0.467 e. The average Bonchev–Trinajstić information content (AvgIpc) is 3.35. The van der Waals surface area contributed by atoms with Crippen LogP contribution in [0.4, 0.5) is 4.79 Å². The van der Waals surface area contributed by atoms with Crippen LogP contribution in [0.25, 0.3) is 10.9 Å². The van der Waals surface area contributed by atoms with Crippen molar-refractivity contribution in [3.63, 3.8) is 0 Å². The Bertz CT molecular complexity index is 1230. The van der Waals surface area contributed by atoms with Crippen molar-refractivity contribution < 1.29 is 27.5 Å². The highest BCUT2D eigenvalue weighted by Gasteiger charge is 2.64. The zero-order valence-electron chi connectivity index (χ0n) is 16.4. The van der Waals surface area contributed by atoms with E-state index in [9.17, 15) is 18.0 Å². The predicted molar refractivity (Wildman–Crippen MR) is 109 cm³/mol. The molecule has 8 nitrogen and oxygen atoms in total. The van der Waals surface area contributed by atoms with E-state index in [1.165, 1.54) is 36.5 Å². The van der Waals surface area contributed by atoms with Crippen LogP contribution in [0.15, 0.2) is 65.7 Å². The van der Waals surface area contributed by atoms with E-state index in [2.05, 4.69) is 10.1 Å². The molecule has 1 heterocycles. The van der Waals surface area contributed by atoms with E-state index in [1.54, 1.807) is 42.5 Å². The smallest absolute Gasteiger partial charge is 0.407 e. The number of amides is 1. The predicted octanol–water partition coefficient (Wildman–Crippen LogP) is 2.63. The Kier molecular flexibility index (Phi) is 4.77. The molecule has 156 valence electrons. The number of fused-ring (bicyclic) bond motifs is 1. The summed E-state index contributed by atoms with van der Waals surface area (Å²) in [7, 11) is -1.41. The summed E-state index contributed by atoms with van der Waals surface area (Å²) in [5, 5.41) is 3.25. The topological polar surface area (TPSA) is 104 Å². The fourth-order valence-corrected chi connectivity index (χ4v) is 5.23. The van der Waals surface area contributed by atoms with E-state index < -0.39 is 33.5 Å². The molecule has 2 aromatic carbocycles. The number of hydrogen-bond acceptors (Lipinski definition) is 6. The average molecular weight is 428 g/mol. The van der Waals surface area contributed by atoms with Gasteiger partial charge in [-0.2, -0.15) is 0 Å². The summed E-state index contributed by atoms with van der Waals surface area (Å²) in [4.78, 5) is 24.5. The molecule has 0 spiro atoms. The second-order valence-electron chi connectivity index (χ2n) is 7.05. The number of methoxy groups -OCH3 is 2. The summed E-state index contributed by atoms with van der Waals surface area (Å²) in [5.41, 5.74) is -0.181. The molecule has 1 saturated carbocycles. The maximum Gasteiger partial charge on any atom is 0.407 e. The Morgan fingerprint density at radius 3 is 2.37 bits per heavy atom. The minimum atomic E-state index is -3.85. The van der Waals surface area contributed by atoms with Crippen molar-refractivity contribution in [3.05, 3.63) is 66.4 Å². The number of benzene rings is 2. The van der Waals surface area contributed by atoms with Crippen LogP contribution in [-0.4, -0.2) is 44.2 Å². The van der Waals surface area contributed by atoms with Crippen molar-refractivity contribution in [2.24, 2.45) is 0 Å². The van der Waals surface area contributed by atoms with Gasteiger partial charge in [-0.15, -0.1) is 0 Å². The first-order valence-corrected chi connectivity index (χ1v) is 10.6. The highest BCUT2D eigenvalue weighted by molar-refractivity contribution is 7.90. The number of ether oxygens (including phenoxy) is 2. The largest absolute Gasteiger partial charge is 0.467 e. The van der Waals surface area contributed by atoms with Crippen LogP contribution in [0.3, 0.4) is 0 Å². The van der Waals surface area contributed by atoms with Gasteiger partial charge in [0.25, 0.3) is 10.0 Å². The third-order valence-electron chi connectivity index (χ3n) is 5.41. The Labute approximate surface area is 173 Å². The molecule has 9 heteroatoms. The molecule has 0 saturated heterocycles. The summed E-state index contributed by atoms with van der Waals surface area (Å²) in [5.74, 6) is -1.07. The van der Waals surface area contributed by atoms with E-state index in [-0.39, 0.29) is 11.3 Å². The van der Waals surface area contributed by atoms with Gasteiger partial charge in [0, 0.05) is 17.5 Å². The van der Waals surface area contributed by atoms with Crippen LogP contribution in [-0.2, 0) is 24.3 Å². The van der Waals surface area contributed by atoms with Gasteiger partial charge in [-0.05, 0) is 30.2 Å². The lowest BCUT2D eigenvalue weighted by atomic mass is 10.1. The highest BCUT2D eigenvalue weighted by Crippen LogP contribution is 2.54. The lowest BCUT2D eigenvalue weighted by Gasteiger charge is -2.16. The first-order chi connectivity index (χ1) is 14.3. The summed E-state index contributed by atoms with van der Waals surface area (Å²) in [6.45, 7) is 0. The van der Waals surface area contributed by atoms with Gasteiger partial charge < -0.3 is 14.8 Å². The maximum absolute atomic E-state index is 13.3. The molecule has 0 aliphatic heterocycles. The van der Waals surface area contributed by atoms with E-state index >= 15 is 0 Å². The van der Waals surface area contributed by atoms with E-state index in [4.69, 9.17) is 4.74 Å². The molecule has 1 N–H and O–H groups in total. The molecule has 1 aliphatic carbocycles. The number of para-hydroxylation sites is 1. The first-order valence-electron chi connectivity index (χ1n) is 9.20. The van der Waals surface area contributed by atoms with Gasteiger partial charge in [0.05, 0.1) is 24.6 Å². The number of aromatic nitrogens is 1. The standard InChI is InChI=1S/C21H20N2O6S/c1-28-19(24)21(22-20(25)29-2)12-17(21)16-13-23(18-11-7-6-10-15(16)18)30(26,27)14-8-4-3-5-9-14/h3-11,13,17H,12H2,1-2H3,(H,22,25)/t17-,21+/m0/s1. The van der Waals surface area contributed by atoms with Crippen molar-refractivity contribution in [1.82, 2.24) is 9.29 Å². The normalized spacial score (nSPS) is 20.5. The number of nitrogens with one attached hydrogen (secondary N) is 1. The number of hydrogen-bond donors (Lipinski definition) is 1. The van der Waals surface area contributed by atoms with Gasteiger partial charge in [0.1, 0.15) is 5.54 Å². The van der Waals surface area contributed by atoms with Crippen molar-refractivity contribution in [3.8, 4) is 0 Å². The number of carbonyl (C=O) groups excluding carboxylic acids is 2. The first kappa shape index (κ1) is 20.0. The van der Waals surface area contributed by atoms with Crippen molar-refractivity contribution in [2.75, 3.05) is 14.2 Å². The molecule has 1 aliphatic rings. The van der Waals surface area contributed by atoms with Gasteiger partial charge in [-0.1, -0.05) is 36.4 Å². The SMILES string of the molecule is COC(=O)N[C@]1(C(=O)OC)C[C@H]1c1cn(S(=O)(=O)c2ccccc2)c2ccccc12. The number of rotatable bonds is 5. The molecule has 3 aromatic rings. The van der Waals surface area contributed by atoms with Crippen molar-refractivity contribution in [1.29, 1.82) is 0 Å². The number of carbonyl (C=O) groups is 2. The second-order valence-corrected chi connectivity index (χ2v) is 8.87. The van der Waals surface area contributed by atoms with E-state index in [0.29, 0.717) is 16.5 Å². The van der Waals surface area contributed by atoms with Crippen LogP contribution >= 0.6 is 0 Å². The molecule has 30 heavy (non-hydrogen) atoms. The Balaban J connectivity index is 1.85. The zero-order valence-corrected chi connectivity index (χ0v) is 17.2. The molecule has 0 radical (unpaired) electrons. The van der Waals surface area contributed by atoms with E-state index in [1.807, 2.05) is 0 Å². The van der Waals surface area contributed by atoms with Gasteiger partial charge >= 0.3 is 12.1 Å². The quantitative estimate of drug-likeness (QED) is 0.627. The van der Waals surface area contributed by atoms with Crippen LogP contribution in [0.2, 0.25) is 0 Å². The summed E-state index contributed by atoms with van der Waals surface area (Å²) >= 11 is 0. The Morgan fingerprint density at radius 1 is 1.03 bits per heavy atom. The lowest BCUT2D eigenvalue weighted by molar-refractivity contribution is -0.144. The number of nitrogens with zero attached hydrogens (tertiary/aromatic N) is 1. The van der Waals surface area contributed by atoms with Gasteiger partial charge in [0.15, 0.2) is 0 Å². The number of alkyl carbamates (subject to hydrolysis) is 1. The molecular formula is C21H20N2O6S. The van der Waals surface area contributed by atoms with Gasteiger partial charge in [-0.3, -0.25) is 0 Å². The fraction of sp³-hybridized carbons (Fsp3) is 0.238. The second kappa shape index (κ2) is 7.17.